The third-order valence-electron chi connectivity index (χ3n) is 0.403. The van der Waals surface area contributed by atoms with Crippen LogP contribution in [0.1, 0.15) is 0 Å². The molecule has 0 saturated carbocycles. The predicted octanol–water partition coefficient (Wildman–Crippen LogP) is 1.31. The molecule has 0 aliphatic heterocycles. The highest BCUT2D eigenvalue weighted by atomic mass is 14.7. The molecule has 0 aromatic heterocycles. The molecule has 37 valence electrons. The summed E-state index contributed by atoms with van der Waals surface area (Å²) in [5.41, 5.74) is 0. The molecule has 0 atom stereocenters. The van der Waals surface area contributed by atoms with Gasteiger partial charge in [-0.15, -0.1) is 6.58 Å². The maximum absolute atomic E-state index is 3.72. The topological polar surface area (TPSA) is 12.4 Å². The van der Waals surface area contributed by atoms with Gasteiger partial charge in [-0.1, -0.05) is 12.7 Å². The third kappa shape index (κ3) is 5.15. The van der Waals surface area contributed by atoms with Crippen molar-refractivity contribution in [3.8, 4) is 0 Å². The fourth-order valence-electron chi connectivity index (χ4n) is 0.182. The lowest BCUT2D eigenvalue weighted by atomic mass is 10.6. The van der Waals surface area contributed by atoms with E-state index in [4.69, 9.17) is 0 Å². The number of allylic oxidation sites excluding steroid dienone is 1. The Morgan fingerprint density at radius 3 is 2.71 bits per heavy atom. The first-order chi connectivity index (χ1) is 3.41. The van der Waals surface area contributed by atoms with Crippen molar-refractivity contribution in [2.75, 3.05) is 6.54 Å². The van der Waals surface area contributed by atoms with Gasteiger partial charge < -0.3 is 0 Å². The Balaban J connectivity index is 3.08. The Morgan fingerprint density at radius 1 is 1.57 bits per heavy atom. The second-order valence-electron chi connectivity index (χ2n) is 0.963. The number of rotatable bonds is 3. The molecule has 7 heavy (non-hydrogen) atoms. The Bertz CT molecular complexity index is 82.2. The Hall–Kier alpha value is -0.850. The summed E-state index contributed by atoms with van der Waals surface area (Å²) in [5, 5.41) is 0. The molecule has 0 aromatic rings. The molecule has 0 heterocycles. The first-order valence-electron chi connectivity index (χ1n) is 2.05. The second kappa shape index (κ2) is 5.15. The molecule has 0 N–H and O–H groups in total. The maximum atomic E-state index is 3.72. The van der Waals surface area contributed by atoms with Crippen molar-refractivity contribution in [3.05, 3.63) is 25.3 Å². The van der Waals surface area contributed by atoms with Crippen molar-refractivity contribution in [1.82, 2.24) is 0 Å². The van der Waals surface area contributed by atoms with Gasteiger partial charge in [0.05, 0.1) is 12.8 Å². The van der Waals surface area contributed by atoms with E-state index in [1.807, 2.05) is 0 Å². The molecule has 0 unspecified atom stereocenters. The van der Waals surface area contributed by atoms with E-state index in [2.05, 4.69) is 24.4 Å². The minimum atomic E-state index is 0.631. The van der Waals surface area contributed by atoms with Crippen LogP contribution in [0.4, 0.5) is 0 Å². The van der Waals surface area contributed by atoms with Crippen molar-refractivity contribution in [2.24, 2.45) is 4.99 Å². The van der Waals surface area contributed by atoms with E-state index in [0.29, 0.717) is 6.54 Å². The van der Waals surface area contributed by atoms with Crippen molar-refractivity contribution in [3.63, 3.8) is 0 Å². The van der Waals surface area contributed by atoms with Crippen LogP contribution in [-0.2, 0) is 0 Å². The SMILES string of the molecule is C=C/[C]=N/CC=C. The zero-order valence-corrected chi connectivity index (χ0v) is 4.22. The largest absolute Gasteiger partial charge is 0.279 e. The van der Waals surface area contributed by atoms with Crippen LogP contribution in [0.2, 0.25) is 0 Å². The van der Waals surface area contributed by atoms with Crippen LogP contribution in [0.25, 0.3) is 0 Å². The van der Waals surface area contributed by atoms with Gasteiger partial charge in [0.1, 0.15) is 0 Å². The van der Waals surface area contributed by atoms with Crippen LogP contribution in [0.15, 0.2) is 30.3 Å². The van der Waals surface area contributed by atoms with Gasteiger partial charge in [-0.3, -0.25) is 4.99 Å². The lowest BCUT2D eigenvalue weighted by Gasteiger charge is -1.72. The molecule has 1 nitrogen and oxygen atoms in total. The second-order valence-corrected chi connectivity index (χ2v) is 0.963. The summed E-state index contributed by atoms with van der Waals surface area (Å²) in [5.74, 6) is 0. The van der Waals surface area contributed by atoms with E-state index in [-0.39, 0.29) is 0 Å². The van der Waals surface area contributed by atoms with Gasteiger partial charge >= 0.3 is 0 Å². The molecule has 0 aliphatic rings. The highest BCUT2D eigenvalue weighted by Crippen LogP contribution is 1.66. The molecular weight excluding hydrogens is 86.1 g/mol. The summed E-state index contributed by atoms with van der Waals surface area (Å²) in [6.45, 7) is 7.49. The molecule has 0 saturated heterocycles. The molecule has 0 bridgehead atoms. The van der Waals surface area contributed by atoms with Crippen LogP contribution in [0.5, 0.6) is 0 Å². The number of hydrogen-bond acceptors (Lipinski definition) is 1. The average molecular weight is 94.1 g/mol. The highest BCUT2D eigenvalue weighted by Gasteiger charge is 1.60. The Labute approximate surface area is 44.1 Å². The Morgan fingerprint density at radius 2 is 2.29 bits per heavy atom. The van der Waals surface area contributed by atoms with E-state index in [9.17, 15) is 0 Å². The summed E-state index contributed by atoms with van der Waals surface area (Å²) >= 11 is 0. The molecule has 1 radical (unpaired) electrons. The summed E-state index contributed by atoms with van der Waals surface area (Å²) in [4.78, 5) is 3.72. The number of aliphatic imine (C=N–C) groups is 1. The van der Waals surface area contributed by atoms with Crippen LogP contribution in [-0.4, -0.2) is 12.8 Å². The quantitative estimate of drug-likeness (QED) is 0.369. The zero-order valence-electron chi connectivity index (χ0n) is 4.22. The molecule has 0 amide bonds. The fourth-order valence-corrected chi connectivity index (χ4v) is 0.182. The number of nitrogens with zero attached hydrogens (tertiary/aromatic N) is 1. The Kier molecular flexibility index (Phi) is 4.52. The third-order valence-corrected chi connectivity index (χ3v) is 0.403. The molecule has 0 fully saturated rings. The van der Waals surface area contributed by atoms with Crippen molar-refractivity contribution >= 4 is 6.21 Å². The lowest BCUT2D eigenvalue weighted by molar-refractivity contribution is 1.27. The van der Waals surface area contributed by atoms with Crippen LogP contribution in [0, 0.1) is 0 Å². The van der Waals surface area contributed by atoms with E-state index >= 15 is 0 Å². The van der Waals surface area contributed by atoms with E-state index in [1.165, 1.54) is 6.08 Å². The minimum absolute atomic E-state index is 0.631. The highest BCUT2D eigenvalue weighted by molar-refractivity contribution is 5.70. The zero-order chi connectivity index (χ0) is 5.54. The first kappa shape index (κ1) is 6.15. The average Bonchev–Trinajstić information content (AvgIpc) is 1.69. The van der Waals surface area contributed by atoms with Gasteiger partial charge in [-0.05, 0) is 6.08 Å². The molecule has 0 rings (SSSR count). The maximum Gasteiger partial charge on any atom is 0.0824 e. The van der Waals surface area contributed by atoms with Gasteiger partial charge in [0, 0.05) is 0 Å². The molecule has 0 aromatic carbocycles. The van der Waals surface area contributed by atoms with Crippen molar-refractivity contribution in [2.45, 2.75) is 0 Å². The number of hydrogen-bond donors (Lipinski definition) is 0. The lowest BCUT2D eigenvalue weighted by Crippen LogP contribution is -1.68. The smallest absolute Gasteiger partial charge is 0.0824 e. The van der Waals surface area contributed by atoms with E-state index in [1.54, 1.807) is 6.08 Å². The molecule has 0 aliphatic carbocycles. The van der Waals surface area contributed by atoms with E-state index < -0.39 is 0 Å². The van der Waals surface area contributed by atoms with Crippen LogP contribution < -0.4 is 0 Å². The minimum Gasteiger partial charge on any atom is -0.279 e. The van der Waals surface area contributed by atoms with Gasteiger partial charge in [-0.2, -0.15) is 0 Å². The molecule has 0 spiro atoms. The molecular formula is C6H8N. The summed E-state index contributed by atoms with van der Waals surface area (Å²) < 4.78 is 0. The van der Waals surface area contributed by atoms with Gasteiger partial charge in [-0.25, -0.2) is 0 Å². The molecule has 1 heteroatoms. The fraction of sp³-hybridized carbons (Fsp3) is 0.167. The van der Waals surface area contributed by atoms with Crippen molar-refractivity contribution in [1.29, 1.82) is 0 Å². The monoisotopic (exact) mass is 94.1 g/mol. The van der Waals surface area contributed by atoms with E-state index in [0.717, 1.165) is 0 Å². The van der Waals surface area contributed by atoms with Gasteiger partial charge in [0.25, 0.3) is 0 Å². The summed E-state index contributed by atoms with van der Waals surface area (Å²) in [6.07, 6.45) is 5.79. The van der Waals surface area contributed by atoms with Gasteiger partial charge in [0.2, 0.25) is 0 Å². The first-order valence-corrected chi connectivity index (χ1v) is 2.05. The normalized spacial score (nSPS) is 9.14. The van der Waals surface area contributed by atoms with Crippen LogP contribution in [0.3, 0.4) is 0 Å². The van der Waals surface area contributed by atoms with Crippen LogP contribution >= 0.6 is 0 Å². The van der Waals surface area contributed by atoms with Crippen molar-refractivity contribution < 1.29 is 0 Å². The van der Waals surface area contributed by atoms with Gasteiger partial charge in [0.15, 0.2) is 0 Å². The summed E-state index contributed by atoms with van der Waals surface area (Å²) in [7, 11) is 0. The predicted molar refractivity (Wildman–Crippen MR) is 32.7 cm³/mol. The standard InChI is InChI=1S/C6H8N/c1-3-5-7-6-4-2/h3-4H,1-2,5H2. The summed E-state index contributed by atoms with van der Waals surface area (Å²) in [6, 6.07) is 0.